The molecule has 0 aliphatic carbocycles. The average molecular weight is 248 g/mol. The van der Waals surface area contributed by atoms with Crippen molar-refractivity contribution in [2.45, 2.75) is 26.3 Å². The lowest BCUT2D eigenvalue weighted by atomic mass is 10.00. The number of rotatable bonds is 4. The van der Waals surface area contributed by atoms with Gasteiger partial charge in [-0.1, -0.05) is 6.07 Å². The van der Waals surface area contributed by atoms with Gasteiger partial charge in [0.1, 0.15) is 0 Å². The quantitative estimate of drug-likeness (QED) is 0.886. The molecular formula is C15H24N2O. The Morgan fingerprint density at radius 2 is 2.17 bits per heavy atom. The van der Waals surface area contributed by atoms with Gasteiger partial charge in [0.25, 0.3) is 0 Å². The summed E-state index contributed by atoms with van der Waals surface area (Å²) in [6, 6.07) is 6.89. The maximum atomic E-state index is 5.46. The molecule has 0 aromatic heterocycles. The minimum Gasteiger partial charge on any atom is -0.382 e. The van der Waals surface area contributed by atoms with Crippen LogP contribution in [-0.2, 0) is 4.74 Å². The molecule has 100 valence electrons. The summed E-state index contributed by atoms with van der Waals surface area (Å²) in [7, 11) is 4.17. The lowest BCUT2D eigenvalue weighted by Gasteiger charge is -2.24. The zero-order valence-electron chi connectivity index (χ0n) is 11.9. The maximum Gasteiger partial charge on any atom is 0.0514 e. The van der Waals surface area contributed by atoms with Gasteiger partial charge >= 0.3 is 0 Å². The molecule has 2 atom stereocenters. The summed E-state index contributed by atoms with van der Waals surface area (Å²) in [5.41, 5.74) is 3.82. The van der Waals surface area contributed by atoms with Crippen molar-refractivity contribution in [3.05, 3.63) is 23.8 Å². The minimum atomic E-state index is 0.462. The molecule has 1 N–H and O–H groups in total. The molecular weight excluding hydrogens is 224 g/mol. The average Bonchev–Trinajstić information content (AvgIpc) is 2.85. The number of nitrogens with one attached hydrogen (secondary N) is 1. The number of hydrogen-bond acceptors (Lipinski definition) is 3. The normalized spacial score (nSPS) is 20.8. The monoisotopic (exact) mass is 248 g/mol. The summed E-state index contributed by atoms with van der Waals surface area (Å²) in [5.74, 6) is 0.632. The van der Waals surface area contributed by atoms with E-state index in [-0.39, 0.29) is 0 Å². The third-order valence-corrected chi connectivity index (χ3v) is 3.84. The van der Waals surface area contributed by atoms with Gasteiger partial charge < -0.3 is 15.0 Å². The second kappa shape index (κ2) is 5.61. The van der Waals surface area contributed by atoms with Crippen molar-refractivity contribution >= 4 is 11.4 Å². The van der Waals surface area contributed by atoms with Crippen LogP contribution >= 0.6 is 0 Å². The van der Waals surface area contributed by atoms with Crippen molar-refractivity contribution in [2.24, 2.45) is 5.92 Å². The van der Waals surface area contributed by atoms with Crippen molar-refractivity contribution in [1.29, 1.82) is 0 Å². The molecule has 2 rings (SSSR count). The highest BCUT2D eigenvalue weighted by Crippen LogP contribution is 2.27. The van der Waals surface area contributed by atoms with E-state index in [4.69, 9.17) is 4.74 Å². The summed E-state index contributed by atoms with van der Waals surface area (Å²) in [4.78, 5) is 2.16. The summed E-state index contributed by atoms with van der Waals surface area (Å²) in [6.45, 7) is 6.23. The molecule has 18 heavy (non-hydrogen) atoms. The van der Waals surface area contributed by atoms with Crippen molar-refractivity contribution in [2.75, 3.05) is 37.5 Å². The number of hydrogen-bond donors (Lipinski definition) is 1. The van der Waals surface area contributed by atoms with E-state index in [1.165, 1.54) is 23.4 Å². The molecule has 0 unspecified atom stereocenters. The van der Waals surface area contributed by atoms with Crippen LogP contribution in [0.1, 0.15) is 18.9 Å². The Morgan fingerprint density at radius 1 is 1.39 bits per heavy atom. The minimum absolute atomic E-state index is 0.462. The predicted molar refractivity (Wildman–Crippen MR) is 77.5 cm³/mol. The van der Waals surface area contributed by atoms with Gasteiger partial charge in [-0.05, 0) is 38.0 Å². The molecule has 0 radical (unpaired) electrons. The van der Waals surface area contributed by atoms with E-state index >= 15 is 0 Å². The van der Waals surface area contributed by atoms with E-state index in [1.807, 2.05) is 0 Å². The Kier molecular flexibility index (Phi) is 4.12. The smallest absolute Gasteiger partial charge is 0.0514 e. The third-order valence-electron chi connectivity index (χ3n) is 3.84. The molecule has 1 aromatic rings. The van der Waals surface area contributed by atoms with Crippen molar-refractivity contribution < 1.29 is 4.74 Å². The first-order chi connectivity index (χ1) is 8.59. The van der Waals surface area contributed by atoms with E-state index < -0.39 is 0 Å². The van der Waals surface area contributed by atoms with Gasteiger partial charge in [0.2, 0.25) is 0 Å². The Bertz CT molecular complexity index is 397. The zero-order chi connectivity index (χ0) is 13.1. The van der Waals surface area contributed by atoms with Crippen LogP contribution in [0.4, 0.5) is 11.4 Å². The van der Waals surface area contributed by atoms with Gasteiger partial charge in [0, 0.05) is 44.0 Å². The molecule has 1 saturated heterocycles. The molecule has 1 fully saturated rings. The van der Waals surface area contributed by atoms with E-state index in [9.17, 15) is 0 Å². The highest BCUT2D eigenvalue weighted by Gasteiger charge is 2.22. The second-order valence-corrected chi connectivity index (χ2v) is 5.40. The number of ether oxygens (including phenoxy) is 1. The van der Waals surface area contributed by atoms with Gasteiger partial charge in [-0.2, -0.15) is 0 Å². The zero-order valence-corrected chi connectivity index (χ0v) is 11.9. The first kappa shape index (κ1) is 13.2. The summed E-state index contributed by atoms with van der Waals surface area (Å²) < 4.78 is 5.46. The fourth-order valence-electron chi connectivity index (χ4n) is 2.57. The maximum absolute atomic E-state index is 5.46. The first-order valence-corrected chi connectivity index (χ1v) is 6.71. The van der Waals surface area contributed by atoms with E-state index in [1.54, 1.807) is 0 Å². The Hall–Kier alpha value is -1.22. The van der Waals surface area contributed by atoms with Crippen molar-refractivity contribution in [3.63, 3.8) is 0 Å². The summed E-state index contributed by atoms with van der Waals surface area (Å²) in [6.07, 6.45) is 1.17. The summed E-state index contributed by atoms with van der Waals surface area (Å²) in [5, 5.41) is 3.64. The Balaban J connectivity index is 2.11. The standard InChI is InChI=1S/C15H24N2O/c1-11-14(6-5-7-15(11)17(3)4)16-12(2)13-8-9-18-10-13/h5-7,12-13,16H,8-10H2,1-4H3/t12-,13+/m0/s1. The van der Waals surface area contributed by atoms with Crippen LogP contribution in [0, 0.1) is 12.8 Å². The Labute approximate surface area is 110 Å². The third kappa shape index (κ3) is 2.78. The van der Waals surface area contributed by atoms with Gasteiger partial charge in [-0.25, -0.2) is 0 Å². The van der Waals surface area contributed by atoms with Crippen LogP contribution < -0.4 is 10.2 Å². The van der Waals surface area contributed by atoms with E-state index in [0.29, 0.717) is 12.0 Å². The molecule has 1 aliphatic rings. The van der Waals surface area contributed by atoms with Crippen LogP contribution in [-0.4, -0.2) is 33.4 Å². The SMILES string of the molecule is Cc1c(N[C@@H](C)[C@@H]2CCOC2)cccc1N(C)C. The van der Waals surface area contributed by atoms with Crippen molar-refractivity contribution in [3.8, 4) is 0 Å². The van der Waals surface area contributed by atoms with Crippen LogP contribution in [0.2, 0.25) is 0 Å². The van der Waals surface area contributed by atoms with Crippen LogP contribution in [0.15, 0.2) is 18.2 Å². The molecule has 1 aromatic carbocycles. The first-order valence-electron chi connectivity index (χ1n) is 6.71. The van der Waals surface area contributed by atoms with Crippen LogP contribution in [0.5, 0.6) is 0 Å². The van der Waals surface area contributed by atoms with Gasteiger partial charge in [-0.3, -0.25) is 0 Å². The number of nitrogens with zero attached hydrogens (tertiary/aromatic N) is 1. The lowest BCUT2D eigenvalue weighted by Crippen LogP contribution is -2.26. The Morgan fingerprint density at radius 3 is 2.78 bits per heavy atom. The molecule has 0 amide bonds. The van der Waals surface area contributed by atoms with Crippen LogP contribution in [0.3, 0.4) is 0 Å². The molecule has 1 aliphatic heterocycles. The van der Waals surface area contributed by atoms with Crippen LogP contribution in [0.25, 0.3) is 0 Å². The molecule has 3 nitrogen and oxygen atoms in total. The molecule has 0 saturated carbocycles. The van der Waals surface area contributed by atoms with E-state index in [2.05, 4.69) is 56.4 Å². The molecule has 3 heteroatoms. The number of anilines is 2. The van der Waals surface area contributed by atoms with Crippen molar-refractivity contribution in [1.82, 2.24) is 0 Å². The number of benzene rings is 1. The molecule has 1 heterocycles. The molecule has 0 spiro atoms. The lowest BCUT2D eigenvalue weighted by molar-refractivity contribution is 0.183. The predicted octanol–water partition coefficient (Wildman–Crippen LogP) is 2.90. The second-order valence-electron chi connectivity index (χ2n) is 5.40. The van der Waals surface area contributed by atoms with Gasteiger partial charge in [0.15, 0.2) is 0 Å². The fourth-order valence-corrected chi connectivity index (χ4v) is 2.57. The highest BCUT2D eigenvalue weighted by molar-refractivity contribution is 5.65. The van der Waals surface area contributed by atoms with Gasteiger partial charge in [-0.15, -0.1) is 0 Å². The van der Waals surface area contributed by atoms with Gasteiger partial charge in [0.05, 0.1) is 6.61 Å². The van der Waals surface area contributed by atoms with E-state index in [0.717, 1.165) is 13.2 Å². The fraction of sp³-hybridized carbons (Fsp3) is 0.600. The molecule has 0 bridgehead atoms. The summed E-state index contributed by atoms with van der Waals surface area (Å²) >= 11 is 0. The topological polar surface area (TPSA) is 24.5 Å². The largest absolute Gasteiger partial charge is 0.382 e. The highest BCUT2D eigenvalue weighted by atomic mass is 16.5.